The number of halogens is 1. The molecular weight excluding hydrogens is 276 g/mol. The van der Waals surface area contributed by atoms with Crippen LogP contribution in [0, 0.1) is 6.92 Å². The van der Waals surface area contributed by atoms with Gasteiger partial charge < -0.3 is 9.84 Å². The summed E-state index contributed by atoms with van der Waals surface area (Å²) in [4.78, 5) is 10.5. The van der Waals surface area contributed by atoms with Gasteiger partial charge in [0, 0.05) is 11.1 Å². The Bertz CT molecular complexity index is 663. The number of carboxylic acid groups (broad SMARTS) is 1. The number of carboxylic acids is 1. The van der Waals surface area contributed by atoms with Gasteiger partial charge in [-0.1, -0.05) is 29.8 Å². The second-order valence-electron chi connectivity index (χ2n) is 4.26. The molecule has 0 aliphatic carbocycles. The number of hydrogen-bond donors (Lipinski definition) is 1. The van der Waals surface area contributed by atoms with Gasteiger partial charge in [-0.3, -0.25) is 0 Å². The third-order valence-electron chi connectivity index (χ3n) is 2.65. The van der Waals surface area contributed by atoms with E-state index in [-0.39, 0.29) is 0 Å². The largest absolute Gasteiger partial charge is 0.478 e. The number of carbonyl (C=O) groups is 1. The van der Waals surface area contributed by atoms with Crippen LogP contribution in [0.3, 0.4) is 0 Å². The molecule has 0 aliphatic heterocycles. The van der Waals surface area contributed by atoms with E-state index >= 15 is 0 Å². The van der Waals surface area contributed by atoms with E-state index in [4.69, 9.17) is 21.4 Å². The summed E-state index contributed by atoms with van der Waals surface area (Å²) in [7, 11) is 0. The molecule has 0 atom stereocenters. The first-order chi connectivity index (χ1) is 9.54. The lowest BCUT2D eigenvalue weighted by atomic mass is 10.2. The summed E-state index contributed by atoms with van der Waals surface area (Å²) in [6, 6.07) is 12.6. The molecule has 0 saturated carbocycles. The summed E-state index contributed by atoms with van der Waals surface area (Å²) in [6.07, 6.45) is 2.60. The Balaban J connectivity index is 2.23. The number of rotatable bonds is 4. The zero-order valence-electron chi connectivity index (χ0n) is 10.8. The van der Waals surface area contributed by atoms with Crippen molar-refractivity contribution < 1.29 is 14.6 Å². The molecular formula is C16H13ClO3. The predicted molar refractivity (Wildman–Crippen MR) is 79.4 cm³/mol. The molecule has 4 heteroatoms. The number of hydrogen-bond acceptors (Lipinski definition) is 2. The molecule has 2 aromatic carbocycles. The van der Waals surface area contributed by atoms with Crippen LogP contribution in [0.4, 0.5) is 0 Å². The number of aryl methyl sites for hydroxylation is 1. The van der Waals surface area contributed by atoms with E-state index in [0.29, 0.717) is 16.5 Å². The van der Waals surface area contributed by atoms with Gasteiger partial charge in [0.1, 0.15) is 11.5 Å². The van der Waals surface area contributed by atoms with Crippen LogP contribution in [-0.2, 0) is 4.79 Å². The molecule has 102 valence electrons. The van der Waals surface area contributed by atoms with Crippen LogP contribution in [0.15, 0.2) is 48.5 Å². The molecule has 1 N–H and O–H groups in total. The van der Waals surface area contributed by atoms with E-state index < -0.39 is 5.97 Å². The average Bonchev–Trinajstić information content (AvgIpc) is 2.41. The van der Waals surface area contributed by atoms with Crippen molar-refractivity contribution in [3.63, 3.8) is 0 Å². The fourth-order valence-corrected chi connectivity index (χ4v) is 1.82. The molecule has 0 unspecified atom stereocenters. The molecule has 2 rings (SSSR count). The van der Waals surface area contributed by atoms with Crippen molar-refractivity contribution >= 4 is 23.6 Å². The summed E-state index contributed by atoms with van der Waals surface area (Å²) in [6.45, 7) is 1.93. The highest BCUT2D eigenvalue weighted by molar-refractivity contribution is 6.30. The Morgan fingerprint density at radius 3 is 2.80 bits per heavy atom. The molecule has 2 aromatic rings. The van der Waals surface area contributed by atoms with E-state index in [9.17, 15) is 4.79 Å². The first kappa shape index (κ1) is 14.2. The minimum Gasteiger partial charge on any atom is -0.478 e. The lowest BCUT2D eigenvalue weighted by Crippen LogP contribution is -1.89. The van der Waals surface area contributed by atoms with E-state index in [1.54, 1.807) is 36.4 Å². The Labute approximate surface area is 122 Å². The topological polar surface area (TPSA) is 46.5 Å². The van der Waals surface area contributed by atoms with Gasteiger partial charge in [-0.15, -0.1) is 0 Å². The van der Waals surface area contributed by atoms with Crippen molar-refractivity contribution in [2.24, 2.45) is 0 Å². The number of benzene rings is 2. The quantitative estimate of drug-likeness (QED) is 0.840. The van der Waals surface area contributed by atoms with Gasteiger partial charge in [0.05, 0.1) is 0 Å². The van der Waals surface area contributed by atoms with E-state index in [2.05, 4.69) is 0 Å². The van der Waals surface area contributed by atoms with Crippen LogP contribution in [0.25, 0.3) is 6.08 Å². The molecule has 3 nitrogen and oxygen atoms in total. The first-order valence-corrected chi connectivity index (χ1v) is 6.37. The van der Waals surface area contributed by atoms with E-state index in [1.807, 2.05) is 13.0 Å². The maximum absolute atomic E-state index is 10.5. The second-order valence-corrected chi connectivity index (χ2v) is 4.69. The average molecular weight is 289 g/mol. The van der Waals surface area contributed by atoms with E-state index in [1.165, 1.54) is 6.08 Å². The Morgan fingerprint density at radius 1 is 1.25 bits per heavy atom. The zero-order valence-corrected chi connectivity index (χ0v) is 11.6. The van der Waals surface area contributed by atoms with Gasteiger partial charge in [0.25, 0.3) is 0 Å². The monoisotopic (exact) mass is 288 g/mol. The molecule has 0 heterocycles. The maximum Gasteiger partial charge on any atom is 0.328 e. The van der Waals surface area contributed by atoms with E-state index in [0.717, 1.165) is 17.2 Å². The lowest BCUT2D eigenvalue weighted by molar-refractivity contribution is -0.131. The van der Waals surface area contributed by atoms with Crippen LogP contribution in [0.5, 0.6) is 11.5 Å². The first-order valence-electron chi connectivity index (χ1n) is 6.00. The van der Waals surface area contributed by atoms with Crippen LogP contribution in [0.1, 0.15) is 11.1 Å². The fourth-order valence-electron chi connectivity index (χ4n) is 1.66. The Morgan fingerprint density at radius 2 is 2.05 bits per heavy atom. The van der Waals surface area contributed by atoms with Crippen molar-refractivity contribution in [2.75, 3.05) is 0 Å². The Hall–Kier alpha value is -2.26. The normalized spacial score (nSPS) is 10.7. The highest BCUT2D eigenvalue weighted by Gasteiger charge is 2.03. The third kappa shape index (κ3) is 3.87. The summed E-state index contributed by atoms with van der Waals surface area (Å²) in [5.74, 6) is 0.321. The number of aliphatic carboxylic acids is 1. The Kier molecular flexibility index (Phi) is 4.43. The highest BCUT2D eigenvalue weighted by atomic mass is 35.5. The summed E-state index contributed by atoms with van der Waals surface area (Å²) >= 11 is 5.94. The third-order valence-corrected chi connectivity index (χ3v) is 2.89. The summed E-state index contributed by atoms with van der Waals surface area (Å²) in [5.41, 5.74) is 1.73. The smallest absolute Gasteiger partial charge is 0.328 e. The zero-order chi connectivity index (χ0) is 14.5. The fraction of sp³-hybridized carbons (Fsp3) is 0.0625. The summed E-state index contributed by atoms with van der Waals surface area (Å²) in [5, 5.41) is 9.22. The standard InChI is InChI=1S/C16H13ClO3/c1-11-5-7-13(17)10-15(11)20-14-4-2-3-12(9-14)6-8-16(18)19/h2-10H,1H3,(H,18,19). The highest BCUT2D eigenvalue weighted by Crippen LogP contribution is 2.28. The van der Waals surface area contributed by atoms with Crippen LogP contribution in [0.2, 0.25) is 5.02 Å². The molecule has 0 radical (unpaired) electrons. The van der Waals surface area contributed by atoms with Crippen LogP contribution >= 0.6 is 11.6 Å². The predicted octanol–water partition coefficient (Wildman–Crippen LogP) is 4.54. The molecule has 20 heavy (non-hydrogen) atoms. The molecule has 0 saturated heterocycles. The van der Waals surface area contributed by atoms with Gasteiger partial charge in [-0.2, -0.15) is 0 Å². The van der Waals surface area contributed by atoms with Crippen molar-refractivity contribution in [2.45, 2.75) is 6.92 Å². The minimum absolute atomic E-state index is 0.604. The van der Waals surface area contributed by atoms with Crippen LogP contribution < -0.4 is 4.74 Å². The van der Waals surface area contributed by atoms with Crippen molar-refractivity contribution in [1.29, 1.82) is 0 Å². The molecule has 0 aliphatic rings. The van der Waals surface area contributed by atoms with Gasteiger partial charge in [0.2, 0.25) is 0 Å². The van der Waals surface area contributed by atoms with Crippen molar-refractivity contribution in [3.8, 4) is 11.5 Å². The van der Waals surface area contributed by atoms with Crippen molar-refractivity contribution in [3.05, 3.63) is 64.7 Å². The molecule has 0 aromatic heterocycles. The lowest BCUT2D eigenvalue weighted by Gasteiger charge is -2.09. The second kappa shape index (κ2) is 6.26. The minimum atomic E-state index is -0.984. The molecule has 0 fully saturated rings. The SMILES string of the molecule is Cc1ccc(Cl)cc1Oc1cccc(C=CC(=O)O)c1. The molecule has 0 bridgehead atoms. The van der Waals surface area contributed by atoms with Gasteiger partial charge in [0.15, 0.2) is 0 Å². The number of ether oxygens (including phenoxy) is 1. The van der Waals surface area contributed by atoms with Gasteiger partial charge >= 0.3 is 5.97 Å². The summed E-state index contributed by atoms with van der Waals surface area (Å²) < 4.78 is 5.77. The molecule has 0 amide bonds. The molecule has 0 spiro atoms. The maximum atomic E-state index is 10.5. The van der Waals surface area contributed by atoms with Gasteiger partial charge in [-0.25, -0.2) is 4.79 Å². The van der Waals surface area contributed by atoms with Crippen LogP contribution in [-0.4, -0.2) is 11.1 Å². The van der Waals surface area contributed by atoms with Gasteiger partial charge in [-0.05, 0) is 48.4 Å². The van der Waals surface area contributed by atoms with Crippen molar-refractivity contribution in [1.82, 2.24) is 0 Å².